The highest BCUT2D eigenvalue weighted by atomic mass is 35.5. The summed E-state index contributed by atoms with van der Waals surface area (Å²) in [7, 11) is 1.64. The maximum Gasteiger partial charge on any atom is 0.156 e. The molecule has 0 spiro atoms. The van der Waals surface area contributed by atoms with Gasteiger partial charge in [0.2, 0.25) is 0 Å². The molecule has 0 saturated carbocycles. The molecule has 0 aliphatic carbocycles. The molecule has 0 unspecified atom stereocenters. The average Bonchev–Trinajstić information content (AvgIpc) is 2.47. The van der Waals surface area contributed by atoms with Crippen LogP contribution in [0.4, 0.5) is 5.82 Å². The highest BCUT2D eigenvalue weighted by molar-refractivity contribution is 6.32. The minimum absolute atomic E-state index is 0.168. The molecule has 1 aromatic carbocycles. The number of carbonyl (C=O) groups excluding carboxylic acids is 1. The summed E-state index contributed by atoms with van der Waals surface area (Å²) in [6.45, 7) is 2.36. The van der Waals surface area contributed by atoms with Gasteiger partial charge in [0.05, 0.1) is 12.7 Å². The molecule has 2 aromatic rings. The minimum atomic E-state index is 0.168. The van der Waals surface area contributed by atoms with Crippen molar-refractivity contribution in [1.82, 2.24) is 9.97 Å². The van der Waals surface area contributed by atoms with Crippen molar-refractivity contribution in [1.29, 1.82) is 0 Å². The monoisotopic (exact) mass is 305 g/mol. The van der Waals surface area contributed by atoms with Crippen molar-refractivity contribution in [3.05, 3.63) is 46.4 Å². The third-order valence-corrected chi connectivity index (χ3v) is 3.26. The van der Waals surface area contributed by atoms with E-state index in [1.54, 1.807) is 14.0 Å². The first-order valence-corrected chi connectivity index (χ1v) is 6.88. The fourth-order valence-electron chi connectivity index (χ4n) is 1.94. The van der Waals surface area contributed by atoms with Gasteiger partial charge in [0, 0.05) is 6.54 Å². The molecule has 1 N–H and O–H groups in total. The lowest BCUT2D eigenvalue weighted by Crippen LogP contribution is -2.10. The number of nitrogens with one attached hydrogen (secondary N) is 1. The third kappa shape index (κ3) is 3.92. The number of ether oxygens (including phenoxy) is 1. The summed E-state index contributed by atoms with van der Waals surface area (Å²) in [5, 5.41) is 3.29. The number of methoxy groups -OCH3 is 1. The molecule has 0 atom stereocenters. The molecule has 2 rings (SSSR count). The van der Waals surface area contributed by atoms with Crippen molar-refractivity contribution < 1.29 is 9.53 Å². The van der Waals surface area contributed by atoms with Crippen LogP contribution in [-0.4, -0.2) is 29.9 Å². The smallest absolute Gasteiger partial charge is 0.156 e. The Morgan fingerprint density at radius 3 is 2.90 bits per heavy atom. The lowest BCUT2D eigenvalue weighted by atomic mass is 10.1. The quantitative estimate of drug-likeness (QED) is 0.656. The van der Waals surface area contributed by atoms with Gasteiger partial charge in [0.15, 0.2) is 6.29 Å². The molecule has 1 aromatic heterocycles. The first-order chi connectivity index (χ1) is 10.1. The predicted molar refractivity (Wildman–Crippen MR) is 82.4 cm³/mol. The molecule has 21 heavy (non-hydrogen) atoms. The van der Waals surface area contributed by atoms with Gasteiger partial charge in [0.25, 0.3) is 0 Å². The first kappa shape index (κ1) is 15.3. The molecule has 1 heterocycles. The maximum absolute atomic E-state index is 11.1. The molecule has 6 heteroatoms. The topological polar surface area (TPSA) is 64.1 Å². The molecule has 0 radical (unpaired) electrons. The van der Waals surface area contributed by atoms with Crippen LogP contribution in [-0.2, 0) is 6.42 Å². The van der Waals surface area contributed by atoms with E-state index in [1.165, 1.54) is 0 Å². The number of hydrogen-bond acceptors (Lipinski definition) is 5. The van der Waals surface area contributed by atoms with E-state index in [2.05, 4.69) is 15.3 Å². The van der Waals surface area contributed by atoms with E-state index in [1.807, 2.05) is 24.3 Å². The number of carbonyl (C=O) groups is 1. The van der Waals surface area contributed by atoms with Crippen molar-refractivity contribution in [3.8, 4) is 5.75 Å². The van der Waals surface area contributed by atoms with E-state index in [-0.39, 0.29) is 10.7 Å². The lowest BCUT2D eigenvalue weighted by Gasteiger charge is -2.10. The summed E-state index contributed by atoms with van der Waals surface area (Å²) < 4.78 is 5.18. The molecule has 110 valence electrons. The van der Waals surface area contributed by atoms with Crippen LogP contribution < -0.4 is 10.1 Å². The van der Waals surface area contributed by atoms with E-state index in [4.69, 9.17) is 16.3 Å². The van der Waals surface area contributed by atoms with Crippen LogP contribution in [0.3, 0.4) is 0 Å². The number of anilines is 1. The van der Waals surface area contributed by atoms with Gasteiger partial charge in [-0.2, -0.15) is 0 Å². The number of hydrogen-bond donors (Lipinski definition) is 1. The van der Waals surface area contributed by atoms with Crippen molar-refractivity contribution in [2.45, 2.75) is 13.3 Å². The normalized spacial score (nSPS) is 10.2. The second-order valence-electron chi connectivity index (χ2n) is 4.47. The standard InChI is InChI=1S/C15H16ClN3O2/c1-10-18-14(16)13(9-20)15(19-10)17-7-6-11-4-3-5-12(8-11)21-2/h3-5,8-9H,6-7H2,1-2H3,(H,17,18,19). The number of benzene rings is 1. The Morgan fingerprint density at radius 1 is 1.38 bits per heavy atom. The van der Waals surface area contributed by atoms with Crippen LogP contribution in [0.2, 0.25) is 5.15 Å². The summed E-state index contributed by atoms with van der Waals surface area (Å²) in [6.07, 6.45) is 1.44. The summed E-state index contributed by atoms with van der Waals surface area (Å²) in [5.41, 5.74) is 1.42. The van der Waals surface area contributed by atoms with E-state index >= 15 is 0 Å². The number of aryl methyl sites for hydroxylation is 1. The minimum Gasteiger partial charge on any atom is -0.497 e. The molecule has 0 fully saturated rings. The van der Waals surface area contributed by atoms with Crippen LogP contribution in [0, 0.1) is 6.92 Å². The molecule has 5 nitrogen and oxygen atoms in total. The number of aldehydes is 1. The summed E-state index contributed by atoms with van der Waals surface area (Å²) in [6, 6.07) is 7.83. The van der Waals surface area contributed by atoms with Gasteiger partial charge in [-0.25, -0.2) is 9.97 Å². The molecule has 0 bridgehead atoms. The van der Waals surface area contributed by atoms with Crippen molar-refractivity contribution in [3.63, 3.8) is 0 Å². The maximum atomic E-state index is 11.1. The molecular weight excluding hydrogens is 290 g/mol. The van der Waals surface area contributed by atoms with Crippen molar-refractivity contribution in [2.75, 3.05) is 19.0 Å². The van der Waals surface area contributed by atoms with Crippen molar-refractivity contribution >= 4 is 23.7 Å². The number of aromatic nitrogens is 2. The molecule has 0 aliphatic rings. The Morgan fingerprint density at radius 2 is 2.19 bits per heavy atom. The Labute approximate surface area is 128 Å². The highest BCUT2D eigenvalue weighted by Crippen LogP contribution is 2.19. The van der Waals surface area contributed by atoms with E-state index in [9.17, 15) is 4.79 Å². The SMILES string of the molecule is COc1cccc(CCNc2nc(C)nc(Cl)c2C=O)c1. The van der Waals surface area contributed by atoms with Crippen LogP contribution in [0.25, 0.3) is 0 Å². The second-order valence-corrected chi connectivity index (χ2v) is 4.83. The fraction of sp³-hybridized carbons (Fsp3) is 0.267. The zero-order valence-corrected chi connectivity index (χ0v) is 12.6. The Hall–Kier alpha value is -2.14. The third-order valence-electron chi connectivity index (χ3n) is 2.97. The zero-order chi connectivity index (χ0) is 15.2. The summed E-state index contributed by atoms with van der Waals surface area (Å²) in [4.78, 5) is 19.2. The number of halogens is 1. The largest absolute Gasteiger partial charge is 0.497 e. The highest BCUT2D eigenvalue weighted by Gasteiger charge is 2.10. The van der Waals surface area contributed by atoms with Gasteiger partial charge >= 0.3 is 0 Å². The van der Waals surface area contributed by atoms with Crippen LogP contribution in [0.5, 0.6) is 5.75 Å². The van der Waals surface area contributed by atoms with Gasteiger partial charge in [-0.3, -0.25) is 4.79 Å². The fourth-order valence-corrected chi connectivity index (χ4v) is 2.20. The van der Waals surface area contributed by atoms with Crippen LogP contribution in [0.15, 0.2) is 24.3 Å². The second kappa shape index (κ2) is 7.04. The van der Waals surface area contributed by atoms with E-state index in [0.717, 1.165) is 17.7 Å². The van der Waals surface area contributed by atoms with Gasteiger partial charge in [-0.15, -0.1) is 0 Å². The van der Waals surface area contributed by atoms with Gasteiger partial charge in [-0.05, 0) is 31.0 Å². The van der Waals surface area contributed by atoms with E-state index < -0.39 is 0 Å². The summed E-state index contributed by atoms with van der Waals surface area (Å²) >= 11 is 5.93. The van der Waals surface area contributed by atoms with Crippen LogP contribution in [0.1, 0.15) is 21.7 Å². The Balaban J connectivity index is 2.04. The number of rotatable bonds is 6. The molecule has 0 aliphatic heterocycles. The average molecular weight is 306 g/mol. The lowest BCUT2D eigenvalue weighted by molar-refractivity contribution is 0.112. The molecular formula is C15H16ClN3O2. The van der Waals surface area contributed by atoms with Gasteiger partial charge < -0.3 is 10.1 Å². The van der Waals surface area contributed by atoms with Gasteiger partial charge in [-0.1, -0.05) is 23.7 Å². The summed E-state index contributed by atoms with van der Waals surface area (Å²) in [5.74, 6) is 1.81. The molecule has 0 saturated heterocycles. The van der Waals surface area contributed by atoms with E-state index in [0.29, 0.717) is 24.5 Å². The number of nitrogens with zero attached hydrogens (tertiary/aromatic N) is 2. The van der Waals surface area contributed by atoms with Crippen molar-refractivity contribution in [2.24, 2.45) is 0 Å². The van der Waals surface area contributed by atoms with Gasteiger partial charge in [0.1, 0.15) is 22.5 Å². The zero-order valence-electron chi connectivity index (χ0n) is 11.9. The molecule has 0 amide bonds. The predicted octanol–water partition coefficient (Wildman–Crippen LogP) is 2.91. The first-order valence-electron chi connectivity index (χ1n) is 6.50. The Kier molecular flexibility index (Phi) is 5.11. The Bertz CT molecular complexity index is 647. The van der Waals surface area contributed by atoms with Crippen LogP contribution >= 0.6 is 11.6 Å².